The summed E-state index contributed by atoms with van der Waals surface area (Å²) in [6.07, 6.45) is 5.99. The summed E-state index contributed by atoms with van der Waals surface area (Å²) in [6, 6.07) is 4.39. The number of nitrogens with one attached hydrogen (secondary N) is 1. The first-order chi connectivity index (χ1) is 9.66. The number of H-pyrrole nitrogens is 1. The van der Waals surface area contributed by atoms with Crippen molar-refractivity contribution in [2.75, 3.05) is 5.73 Å². The van der Waals surface area contributed by atoms with Crippen molar-refractivity contribution < 1.29 is 4.39 Å². The number of rotatable bonds is 2. The number of anilines is 1. The number of benzene rings is 1. The molecule has 3 N–H and O–H groups in total. The minimum absolute atomic E-state index is 0.347. The van der Waals surface area contributed by atoms with Crippen LogP contribution in [0.1, 0.15) is 43.7 Å². The Kier molecular flexibility index (Phi) is 3.66. The quantitative estimate of drug-likeness (QED) is 0.856. The fraction of sp³-hybridized carbons (Fsp3) is 0.400. The number of nitrogens with two attached hydrogens (primary N) is 1. The zero-order chi connectivity index (χ0) is 14.1. The topological polar surface area (TPSA) is 54.7 Å². The van der Waals surface area contributed by atoms with Gasteiger partial charge in [-0.2, -0.15) is 5.10 Å². The smallest absolute Gasteiger partial charge is 0.153 e. The van der Waals surface area contributed by atoms with Crippen molar-refractivity contribution in [2.45, 2.75) is 38.0 Å². The number of nitrogen functional groups attached to an aromatic ring is 1. The second-order valence-corrected chi connectivity index (χ2v) is 5.76. The van der Waals surface area contributed by atoms with Crippen LogP contribution in [-0.4, -0.2) is 10.2 Å². The molecule has 1 aromatic heterocycles. The van der Waals surface area contributed by atoms with Crippen molar-refractivity contribution in [3.8, 4) is 11.1 Å². The lowest BCUT2D eigenvalue weighted by atomic mass is 9.84. The van der Waals surface area contributed by atoms with E-state index in [9.17, 15) is 4.39 Å². The van der Waals surface area contributed by atoms with E-state index in [1.165, 1.54) is 31.4 Å². The molecule has 0 radical (unpaired) electrons. The largest absolute Gasteiger partial charge is 0.382 e. The molecule has 0 saturated heterocycles. The molecule has 0 spiro atoms. The number of aromatic amines is 1. The lowest BCUT2D eigenvalue weighted by molar-refractivity contribution is 0.437. The maximum absolute atomic E-state index is 13.2. The first-order valence-corrected chi connectivity index (χ1v) is 7.34. The third-order valence-electron chi connectivity index (χ3n) is 4.04. The summed E-state index contributed by atoms with van der Waals surface area (Å²) in [5.74, 6) is 0.517. The molecule has 106 valence electrons. The summed E-state index contributed by atoms with van der Waals surface area (Å²) in [4.78, 5) is 0. The van der Waals surface area contributed by atoms with E-state index in [2.05, 4.69) is 10.2 Å². The monoisotopic (exact) mass is 293 g/mol. The Balaban J connectivity index is 2.06. The molecular formula is C15H17ClFN3. The Hall–Kier alpha value is -1.55. The predicted octanol–water partition coefficient (Wildman–Crippen LogP) is 4.50. The Bertz CT molecular complexity index is 618. The molecule has 1 aliphatic rings. The van der Waals surface area contributed by atoms with Crippen molar-refractivity contribution in [3.63, 3.8) is 0 Å². The van der Waals surface area contributed by atoms with Gasteiger partial charge in [0.1, 0.15) is 5.82 Å². The molecule has 1 fully saturated rings. The van der Waals surface area contributed by atoms with Crippen LogP contribution in [0.2, 0.25) is 5.02 Å². The van der Waals surface area contributed by atoms with Crippen molar-refractivity contribution in [3.05, 3.63) is 34.7 Å². The number of aromatic nitrogens is 2. The highest BCUT2D eigenvalue weighted by atomic mass is 35.5. The number of hydrogen-bond acceptors (Lipinski definition) is 2. The van der Waals surface area contributed by atoms with Crippen LogP contribution >= 0.6 is 11.6 Å². The summed E-state index contributed by atoms with van der Waals surface area (Å²) in [7, 11) is 0. The maximum Gasteiger partial charge on any atom is 0.153 e. The highest BCUT2D eigenvalue weighted by molar-refractivity contribution is 6.33. The van der Waals surface area contributed by atoms with Gasteiger partial charge in [0.05, 0.1) is 5.02 Å². The molecule has 1 heterocycles. The van der Waals surface area contributed by atoms with Crippen molar-refractivity contribution in [1.82, 2.24) is 10.2 Å². The Morgan fingerprint density at radius 3 is 2.70 bits per heavy atom. The van der Waals surface area contributed by atoms with Gasteiger partial charge in [0.25, 0.3) is 0 Å². The zero-order valence-electron chi connectivity index (χ0n) is 11.1. The van der Waals surface area contributed by atoms with Gasteiger partial charge in [-0.15, -0.1) is 0 Å². The van der Waals surface area contributed by atoms with Gasteiger partial charge in [-0.25, -0.2) is 4.39 Å². The van der Waals surface area contributed by atoms with E-state index in [4.69, 9.17) is 17.3 Å². The standard InChI is InChI=1S/C15H17ClFN3/c16-12-8-10(17)6-7-11(12)13-14(19-20-15(13)18)9-4-2-1-3-5-9/h6-9H,1-5H2,(H3,18,19,20). The molecule has 1 aliphatic carbocycles. The van der Waals surface area contributed by atoms with Crippen molar-refractivity contribution in [1.29, 1.82) is 0 Å². The first-order valence-electron chi connectivity index (χ1n) is 6.96. The summed E-state index contributed by atoms with van der Waals surface area (Å²) in [6.45, 7) is 0. The predicted molar refractivity (Wildman–Crippen MR) is 79.2 cm³/mol. The van der Waals surface area contributed by atoms with Crippen molar-refractivity contribution in [2.24, 2.45) is 0 Å². The second-order valence-electron chi connectivity index (χ2n) is 5.36. The number of nitrogens with zero attached hydrogens (tertiary/aromatic N) is 1. The number of halogens is 2. The van der Waals surface area contributed by atoms with E-state index in [-0.39, 0.29) is 5.82 Å². The molecule has 0 bridgehead atoms. The molecule has 20 heavy (non-hydrogen) atoms. The highest BCUT2D eigenvalue weighted by Gasteiger charge is 2.24. The minimum Gasteiger partial charge on any atom is -0.382 e. The van der Waals surface area contributed by atoms with Gasteiger partial charge in [-0.05, 0) is 31.0 Å². The summed E-state index contributed by atoms with van der Waals surface area (Å²) >= 11 is 6.17. The van der Waals surface area contributed by atoms with Crippen molar-refractivity contribution >= 4 is 17.4 Å². The van der Waals surface area contributed by atoms with Crippen LogP contribution in [0.4, 0.5) is 10.2 Å². The van der Waals surface area contributed by atoms with E-state index in [0.29, 0.717) is 16.8 Å². The third-order valence-corrected chi connectivity index (χ3v) is 4.35. The Morgan fingerprint density at radius 2 is 2.00 bits per heavy atom. The fourth-order valence-corrected chi connectivity index (χ4v) is 3.29. The van der Waals surface area contributed by atoms with E-state index < -0.39 is 0 Å². The van der Waals surface area contributed by atoms with Crippen LogP contribution in [0.25, 0.3) is 11.1 Å². The fourth-order valence-electron chi connectivity index (χ4n) is 3.03. The summed E-state index contributed by atoms with van der Waals surface area (Å²) in [5.41, 5.74) is 8.61. The van der Waals surface area contributed by atoms with Gasteiger partial charge in [-0.3, -0.25) is 5.10 Å². The lowest BCUT2D eigenvalue weighted by Gasteiger charge is -2.21. The van der Waals surface area contributed by atoms with Gasteiger partial charge >= 0.3 is 0 Å². The second kappa shape index (κ2) is 5.44. The van der Waals surface area contributed by atoms with Gasteiger partial charge < -0.3 is 5.73 Å². The average molecular weight is 294 g/mol. The van der Waals surface area contributed by atoms with E-state index in [1.54, 1.807) is 6.07 Å². The molecule has 5 heteroatoms. The minimum atomic E-state index is -0.347. The van der Waals surface area contributed by atoms with Crippen LogP contribution in [-0.2, 0) is 0 Å². The third kappa shape index (κ3) is 2.40. The van der Waals surface area contributed by atoms with Crippen LogP contribution in [0.15, 0.2) is 18.2 Å². The lowest BCUT2D eigenvalue weighted by Crippen LogP contribution is -2.06. The zero-order valence-corrected chi connectivity index (χ0v) is 11.9. The SMILES string of the molecule is Nc1n[nH]c(C2CCCCC2)c1-c1ccc(F)cc1Cl. The van der Waals surface area contributed by atoms with Gasteiger partial charge in [0.2, 0.25) is 0 Å². The van der Waals surface area contributed by atoms with Crippen LogP contribution in [0.5, 0.6) is 0 Å². The molecule has 0 atom stereocenters. The van der Waals surface area contributed by atoms with Gasteiger partial charge in [-0.1, -0.05) is 30.9 Å². The molecule has 0 aliphatic heterocycles. The normalized spacial score (nSPS) is 16.5. The van der Waals surface area contributed by atoms with E-state index in [0.717, 1.165) is 29.7 Å². The molecule has 0 amide bonds. The molecule has 1 aromatic carbocycles. The molecule has 2 aromatic rings. The van der Waals surface area contributed by atoms with Crippen LogP contribution < -0.4 is 5.73 Å². The Labute approximate surface area is 122 Å². The van der Waals surface area contributed by atoms with Crippen LogP contribution in [0.3, 0.4) is 0 Å². The number of hydrogen-bond donors (Lipinski definition) is 2. The summed E-state index contributed by atoms with van der Waals surface area (Å²) in [5, 5.41) is 7.56. The highest BCUT2D eigenvalue weighted by Crippen LogP contribution is 2.41. The van der Waals surface area contributed by atoms with Gasteiger partial charge in [0.15, 0.2) is 5.82 Å². The average Bonchev–Trinajstić information content (AvgIpc) is 2.82. The van der Waals surface area contributed by atoms with E-state index in [1.807, 2.05) is 0 Å². The summed E-state index contributed by atoms with van der Waals surface area (Å²) < 4.78 is 13.2. The van der Waals surface area contributed by atoms with E-state index >= 15 is 0 Å². The first kappa shape index (κ1) is 13.4. The molecule has 1 saturated carbocycles. The molecule has 3 rings (SSSR count). The molecule has 3 nitrogen and oxygen atoms in total. The van der Waals surface area contributed by atoms with Gasteiger partial charge in [0, 0.05) is 22.7 Å². The van der Waals surface area contributed by atoms with Crippen LogP contribution in [0, 0.1) is 5.82 Å². The molecule has 0 unspecified atom stereocenters. The maximum atomic E-state index is 13.2. The Morgan fingerprint density at radius 1 is 1.25 bits per heavy atom. The molecular weight excluding hydrogens is 277 g/mol.